The van der Waals surface area contributed by atoms with Crippen LogP contribution >= 0.6 is 0 Å². The van der Waals surface area contributed by atoms with E-state index in [1.807, 2.05) is 7.05 Å². The normalized spacial score (nSPS) is 21.7. The van der Waals surface area contributed by atoms with Gasteiger partial charge in [-0.2, -0.15) is 0 Å². The van der Waals surface area contributed by atoms with Crippen LogP contribution in [-0.2, 0) is 13.0 Å². The molecule has 1 N–H and O–H groups in total. The summed E-state index contributed by atoms with van der Waals surface area (Å²) in [4.78, 5) is 7.08. The highest BCUT2D eigenvalue weighted by Crippen LogP contribution is 2.22. The fourth-order valence-electron chi connectivity index (χ4n) is 2.68. The number of hydrogen-bond acceptors (Lipinski definition) is 4. The van der Waals surface area contributed by atoms with E-state index in [9.17, 15) is 0 Å². The van der Waals surface area contributed by atoms with Crippen LogP contribution in [0, 0.1) is 5.92 Å². The van der Waals surface area contributed by atoms with Crippen LogP contribution in [0.15, 0.2) is 10.7 Å². The minimum Gasteiger partial charge on any atom is -0.449 e. The molecule has 0 aromatic carbocycles. The predicted molar refractivity (Wildman–Crippen MR) is 72.4 cm³/mol. The van der Waals surface area contributed by atoms with E-state index in [-0.39, 0.29) is 0 Å². The highest BCUT2D eigenvalue weighted by Gasteiger charge is 2.23. The minimum atomic E-state index is 0.650. The molecule has 2 heterocycles. The Morgan fingerprint density at radius 1 is 1.56 bits per heavy atom. The molecule has 1 aliphatic heterocycles. The van der Waals surface area contributed by atoms with Gasteiger partial charge in [0, 0.05) is 25.6 Å². The van der Waals surface area contributed by atoms with Gasteiger partial charge in [-0.3, -0.25) is 0 Å². The van der Waals surface area contributed by atoms with Crippen LogP contribution in [0.3, 0.4) is 0 Å². The molecule has 1 aromatic rings. The van der Waals surface area contributed by atoms with Crippen molar-refractivity contribution in [3.8, 4) is 0 Å². The van der Waals surface area contributed by atoms with Crippen molar-refractivity contribution in [3.63, 3.8) is 0 Å². The monoisotopic (exact) mass is 251 g/mol. The molecule has 4 heteroatoms. The lowest BCUT2D eigenvalue weighted by Crippen LogP contribution is -2.40. The van der Waals surface area contributed by atoms with Gasteiger partial charge in [-0.05, 0) is 46.2 Å². The van der Waals surface area contributed by atoms with Crippen molar-refractivity contribution in [2.45, 2.75) is 45.7 Å². The number of likely N-dealkylation sites (tertiary alicyclic amines) is 1. The van der Waals surface area contributed by atoms with E-state index in [0.29, 0.717) is 12.0 Å². The zero-order valence-electron chi connectivity index (χ0n) is 11.8. The largest absolute Gasteiger partial charge is 0.449 e. The Morgan fingerprint density at radius 2 is 2.39 bits per heavy atom. The van der Waals surface area contributed by atoms with Crippen molar-refractivity contribution in [2.75, 3.05) is 20.1 Å². The van der Waals surface area contributed by atoms with E-state index in [4.69, 9.17) is 4.42 Å². The highest BCUT2D eigenvalue weighted by molar-refractivity contribution is 4.97. The third-order valence-electron chi connectivity index (χ3n) is 3.70. The van der Waals surface area contributed by atoms with E-state index < -0.39 is 0 Å². The van der Waals surface area contributed by atoms with Crippen molar-refractivity contribution < 1.29 is 4.42 Å². The van der Waals surface area contributed by atoms with Crippen LogP contribution in [0.1, 0.15) is 38.3 Å². The van der Waals surface area contributed by atoms with Gasteiger partial charge in [0.05, 0.1) is 5.69 Å². The van der Waals surface area contributed by atoms with E-state index in [2.05, 4.69) is 29.0 Å². The van der Waals surface area contributed by atoms with Gasteiger partial charge >= 0.3 is 0 Å². The lowest BCUT2D eigenvalue weighted by molar-refractivity contribution is 0.136. The van der Waals surface area contributed by atoms with E-state index in [0.717, 1.165) is 24.6 Å². The number of aromatic nitrogens is 1. The van der Waals surface area contributed by atoms with E-state index >= 15 is 0 Å². The molecule has 18 heavy (non-hydrogen) atoms. The average molecular weight is 251 g/mol. The first kappa shape index (κ1) is 13.6. The van der Waals surface area contributed by atoms with E-state index in [1.54, 1.807) is 6.26 Å². The summed E-state index contributed by atoms with van der Waals surface area (Å²) in [6, 6.07) is 0.650. The van der Waals surface area contributed by atoms with Crippen LogP contribution in [0.4, 0.5) is 0 Å². The number of oxazole rings is 1. The van der Waals surface area contributed by atoms with Crippen LogP contribution in [-0.4, -0.2) is 36.1 Å². The van der Waals surface area contributed by atoms with Crippen LogP contribution in [0.5, 0.6) is 0 Å². The highest BCUT2D eigenvalue weighted by atomic mass is 16.3. The molecule has 0 aliphatic carbocycles. The first-order chi connectivity index (χ1) is 8.69. The number of rotatable bonds is 5. The summed E-state index contributed by atoms with van der Waals surface area (Å²) in [5.74, 6) is 1.60. The van der Waals surface area contributed by atoms with Crippen LogP contribution < -0.4 is 5.32 Å². The molecule has 102 valence electrons. The minimum absolute atomic E-state index is 0.650. The Morgan fingerprint density at radius 3 is 3.11 bits per heavy atom. The van der Waals surface area contributed by atoms with Crippen molar-refractivity contribution in [1.29, 1.82) is 0 Å². The van der Waals surface area contributed by atoms with Crippen LogP contribution in [0.25, 0.3) is 0 Å². The van der Waals surface area contributed by atoms with Crippen molar-refractivity contribution in [1.82, 2.24) is 15.2 Å². The predicted octanol–water partition coefficient (Wildman–Crippen LogP) is 2.06. The summed E-state index contributed by atoms with van der Waals surface area (Å²) in [6.07, 6.45) is 5.35. The van der Waals surface area contributed by atoms with Crippen molar-refractivity contribution in [3.05, 3.63) is 17.8 Å². The van der Waals surface area contributed by atoms with Gasteiger partial charge in [0.25, 0.3) is 0 Å². The summed E-state index contributed by atoms with van der Waals surface area (Å²) in [7, 11) is 1.93. The quantitative estimate of drug-likeness (QED) is 0.869. The molecule has 4 nitrogen and oxygen atoms in total. The van der Waals surface area contributed by atoms with Gasteiger partial charge in [0.1, 0.15) is 6.26 Å². The van der Waals surface area contributed by atoms with Gasteiger partial charge in [0.15, 0.2) is 5.89 Å². The first-order valence-electron chi connectivity index (χ1n) is 7.01. The van der Waals surface area contributed by atoms with Gasteiger partial charge in [-0.15, -0.1) is 0 Å². The zero-order chi connectivity index (χ0) is 13.0. The SMILES string of the molecule is CNCc1coc(CC2CCCN(C(C)C)C2)n1. The second-order valence-corrected chi connectivity index (χ2v) is 5.56. The number of hydrogen-bond donors (Lipinski definition) is 1. The maximum atomic E-state index is 5.55. The van der Waals surface area contributed by atoms with Crippen LogP contribution in [0.2, 0.25) is 0 Å². The molecule has 0 bridgehead atoms. The summed E-state index contributed by atoms with van der Waals surface area (Å²) >= 11 is 0. The fraction of sp³-hybridized carbons (Fsp3) is 0.786. The molecule has 0 radical (unpaired) electrons. The van der Waals surface area contributed by atoms with E-state index in [1.165, 1.54) is 25.9 Å². The first-order valence-corrected chi connectivity index (χ1v) is 7.01. The third-order valence-corrected chi connectivity index (χ3v) is 3.70. The molecule has 1 unspecified atom stereocenters. The van der Waals surface area contributed by atoms with Crippen molar-refractivity contribution in [2.24, 2.45) is 5.92 Å². The number of nitrogens with one attached hydrogen (secondary N) is 1. The van der Waals surface area contributed by atoms with Gasteiger partial charge in [-0.25, -0.2) is 4.98 Å². The lowest BCUT2D eigenvalue weighted by atomic mass is 9.94. The third kappa shape index (κ3) is 3.56. The second kappa shape index (κ2) is 6.34. The maximum absolute atomic E-state index is 5.55. The standard InChI is InChI=1S/C14H25N3O/c1-11(2)17-6-4-5-12(9-17)7-14-16-13(8-15-3)10-18-14/h10-12,15H,4-9H2,1-3H3. The molecule has 2 rings (SSSR count). The lowest BCUT2D eigenvalue weighted by Gasteiger charge is -2.35. The van der Waals surface area contributed by atoms with Gasteiger partial charge in [0.2, 0.25) is 0 Å². The molecule has 0 spiro atoms. The average Bonchev–Trinajstić information content (AvgIpc) is 2.77. The molecule has 0 saturated carbocycles. The van der Waals surface area contributed by atoms with Crippen molar-refractivity contribution >= 4 is 0 Å². The molecular formula is C14H25N3O. The zero-order valence-corrected chi connectivity index (χ0v) is 11.8. The summed E-state index contributed by atoms with van der Waals surface area (Å²) in [5.41, 5.74) is 1.00. The molecule has 1 aromatic heterocycles. The Balaban J connectivity index is 1.87. The molecule has 1 saturated heterocycles. The Labute approximate surface area is 110 Å². The molecule has 1 atom stereocenters. The Bertz CT molecular complexity index is 362. The number of nitrogens with zero attached hydrogens (tertiary/aromatic N) is 2. The molecule has 1 fully saturated rings. The summed E-state index contributed by atoms with van der Waals surface area (Å²) in [5, 5.41) is 3.09. The topological polar surface area (TPSA) is 41.3 Å². The second-order valence-electron chi connectivity index (χ2n) is 5.56. The number of piperidine rings is 1. The van der Waals surface area contributed by atoms with Gasteiger partial charge in [-0.1, -0.05) is 0 Å². The Hall–Kier alpha value is -0.870. The fourth-order valence-corrected chi connectivity index (χ4v) is 2.68. The smallest absolute Gasteiger partial charge is 0.194 e. The Kier molecular flexibility index (Phi) is 4.78. The summed E-state index contributed by atoms with van der Waals surface area (Å²) < 4.78 is 5.55. The summed E-state index contributed by atoms with van der Waals surface area (Å²) in [6.45, 7) is 7.76. The molecular weight excluding hydrogens is 226 g/mol. The molecule has 0 amide bonds. The maximum Gasteiger partial charge on any atom is 0.194 e. The molecule has 1 aliphatic rings. The van der Waals surface area contributed by atoms with Gasteiger partial charge < -0.3 is 14.6 Å².